The van der Waals surface area contributed by atoms with Gasteiger partial charge in [-0.25, -0.2) is 0 Å². The van der Waals surface area contributed by atoms with Crippen molar-refractivity contribution in [2.75, 3.05) is 13.6 Å². The summed E-state index contributed by atoms with van der Waals surface area (Å²) in [4.78, 5) is 37.3. The summed E-state index contributed by atoms with van der Waals surface area (Å²) in [6, 6.07) is 6.00. The Hall–Kier alpha value is -2.80. The highest BCUT2D eigenvalue weighted by molar-refractivity contribution is 5.93. The molecule has 0 aromatic carbocycles. The van der Waals surface area contributed by atoms with Gasteiger partial charge in [-0.05, 0) is 74.9 Å². The standard InChI is InChI=1S/C26H35N5O2/c1-26(28-2,25(27)33)23(19-7-4-3-5-8-19)24(32)31-14-6-9-22(31)21-15-20(16-30-17-21)18-10-12-29-13-11-18/h10-13,15-17,19,22-23,28H,3-9,14H2,1-2H3,(H2,27,33)/t22-,23+,26?/m0/s1. The van der Waals surface area contributed by atoms with Gasteiger partial charge in [0.1, 0.15) is 5.54 Å². The minimum atomic E-state index is -1.08. The molecule has 1 aliphatic carbocycles. The van der Waals surface area contributed by atoms with Gasteiger partial charge in [0.25, 0.3) is 0 Å². The fraction of sp³-hybridized carbons (Fsp3) is 0.538. The van der Waals surface area contributed by atoms with Crippen LogP contribution in [0.5, 0.6) is 0 Å². The number of aromatic nitrogens is 2. The van der Waals surface area contributed by atoms with Crippen LogP contribution in [0.2, 0.25) is 0 Å². The van der Waals surface area contributed by atoms with Gasteiger partial charge in [-0.3, -0.25) is 19.6 Å². The summed E-state index contributed by atoms with van der Waals surface area (Å²) in [6.45, 7) is 2.48. The molecule has 2 fully saturated rings. The van der Waals surface area contributed by atoms with Crippen molar-refractivity contribution >= 4 is 11.8 Å². The second-order valence-electron chi connectivity index (χ2n) is 9.62. The van der Waals surface area contributed by atoms with E-state index in [1.54, 1.807) is 26.4 Å². The first kappa shape index (κ1) is 23.4. The number of carbonyl (C=O) groups is 2. The summed E-state index contributed by atoms with van der Waals surface area (Å²) in [7, 11) is 1.73. The number of primary amides is 1. The highest BCUT2D eigenvalue weighted by Crippen LogP contribution is 2.41. The quantitative estimate of drug-likeness (QED) is 0.674. The minimum absolute atomic E-state index is 0.0364. The Morgan fingerprint density at radius 3 is 2.45 bits per heavy atom. The van der Waals surface area contributed by atoms with E-state index in [0.29, 0.717) is 6.54 Å². The Labute approximate surface area is 196 Å². The zero-order valence-corrected chi connectivity index (χ0v) is 19.7. The molecule has 1 aliphatic heterocycles. The van der Waals surface area contributed by atoms with E-state index in [1.807, 2.05) is 29.4 Å². The first-order valence-electron chi connectivity index (χ1n) is 12.1. The SMILES string of the molecule is CNC(C)(C(N)=O)[C@@H](C(=O)N1CCC[C@H]1c1cncc(-c2ccncc2)c1)C1CCCCC1. The van der Waals surface area contributed by atoms with Crippen molar-refractivity contribution < 1.29 is 9.59 Å². The molecule has 176 valence electrons. The molecule has 1 saturated heterocycles. The van der Waals surface area contributed by atoms with Gasteiger partial charge in [0.15, 0.2) is 0 Å². The number of carbonyl (C=O) groups excluding carboxylic acids is 2. The normalized spacial score (nSPS) is 22.0. The van der Waals surface area contributed by atoms with Gasteiger partial charge in [-0.2, -0.15) is 0 Å². The first-order valence-corrected chi connectivity index (χ1v) is 12.1. The van der Waals surface area contributed by atoms with Crippen molar-refractivity contribution in [2.24, 2.45) is 17.6 Å². The number of rotatable bonds is 7. The summed E-state index contributed by atoms with van der Waals surface area (Å²) in [5.41, 5.74) is 7.88. The Morgan fingerprint density at radius 1 is 1.06 bits per heavy atom. The number of nitrogens with one attached hydrogen (secondary N) is 1. The van der Waals surface area contributed by atoms with Crippen molar-refractivity contribution in [1.82, 2.24) is 20.2 Å². The van der Waals surface area contributed by atoms with Crippen LogP contribution in [-0.4, -0.2) is 45.8 Å². The Bertz CT molecular complexity index is 976. The molecule has 3 N–H and O–H groups in total. The molecular formula is C26H35N5O2. The third-order valence-electron chi connectivity index (χ3n) is 7.73. The highest BCUT2D eigenvalue weighted by atomic mass is 16.2. The van der Waals surface area contributed by atoms with Crippen molar-refractivity contribution in [3.05, 3.63) is 48.5 Å². The molecular weight excluding hydrogens is 414 g/mol. The lowest BCUT2D eigenvalue weighted by molar-refractivity contribution is -0.147. The van der Waals surface area contributed by atoms with Crippen LogP contribution < -0.4 is 11.1 Å². The molecule has 0 radical (unpaired) electrons. The summed E-state index contributed by atoms with van der Waals surface area (Å²) in [5, 5.41) is 3.12. The summed E-state index contributed by atoms with van der Waals surface area (Å²) >= 11 is 0. The van der Waals surface area contributed by atoms with Crippen molar-refractivity contribution in [3.8, 4) is 11.1 Å². The molecule has 4 rings (SSSR count). The molecule has 1 saturated carbocycles. The van der Waals surface area contributed by atoms with Crippen LogP contribution in [-0.2, 0) is 9.59 Å². The van der Waals surface area contributed by atoms with Crippen LogP contribution in [0.4, 0.5) is 0 Å². The molecule has 7 nitrogen and oxygen atoms in total. The van der Waals surface area contributed by atoms with Crippen molar-refractivity contribution in [2.45, 2.75) is 63.5 Å². The Balaban J connectivity index is 1.66. The van der Waals surface area contributed by atoms with Gasteiger partial charge in [0, 0.05) is 36.9 Å². The van der Waals surface area contributed by atoms with E-state index in [9.17, 15) is 9.59 Å². The molecule has 2 amide bonds. The molecule has 0 spiro atoms. The zero-order chi connectivity index (χ0) is 23.4. The molecule has 7 heteroatoms. The van der Waals surface area contributed by atoms with Crippen LogP contribution in [0.1, 0.15) is 63.5 Å². The number of hydrogen-bond donors (Lipinski definition) is 2. The molecule has 2 aromatic rings. The third kappa shape index (κ3) is 4.64. The number of hydrogen-bond acceptors (Lipinski definition) is 5. The second kappa shape index (κ2) is 10.00. The number of likely N-dealkylation sites (tertiary alicyclic amines) is 1. The predicted molar refractivity (Wildman–Crippen MR) is 128 cm³/mol. The smallest absolute Gasteiger partial charge is 0.238 e. The maximum atomic E-state index is 14.1. The van der Waals surface area contributed by atoms with Gasteiger partial charge in [-0.1, -0.05) is 19.3 Å². The van der Waals surface area contributed by atoms with E-state index in [4.69, 9.17) is 5.73 Å². The summed E-state index contributed by atoms with van der Waals surface area (Å²) in [6.07, 6.45) is 14.3. The lowest BCUT2D eigenvalue weighted by atomic mass is 9.69. The lowest BCUT2D eigenvalue weighted by Crippen LogP contribution is -2.63. The molecule has 33 heavy (non-hydrogen) atoms. The largest absolute Gasteiger partial charge is 0.368 e. The van der Waals surface area contributed by atoms with Crippen LogP contribution in [0.25, 0.3) is 11.1 Å². The topological polar surface area (TPSA) is 101 Å². The van der Waals surface area contributed by atoms with Crippen LogP contribution in [0.15, 0.2) is 43.0 Å². The van der Waals surface area contributed by atoms with Gasteiger partial charge in [-0.15, -0.1) is 0 Å². The second-order valence-corrected chi connectivity index (χ2v) is 9.62. The van der Waals surface area contributed by atoms with Crippen molar-refractivity contribution in [3.63, 3.8) is 0 Å². The predicted octanol–water partition coefficient (Wildman–Crippen LogP) is 3.47. The van der Waals surface area contributed by atoms with E-state index >= 15 is 0 Å². The number of nitrogens with two attached hydrogens (primary N) is 1. The minimum Gasteiger partial charge on any atom is -0.368 e. The molecule has 1 unspecified atom stereocenters. The van der Waals surface area contributed by atoms with E-state index in [2.05, 4.69) is 21.4 Å². The monoisotopic (exact) mass is 449 g/mol. The highest BCUT2D eigenvalue weighted by Gasteiger charge is 2.50. The van der Waals surface area contributed by atoms with E-state index in [0.717, 1.165) is 55.2 Å². The number of amides is 2. The van der Waals surface area contributed by atoms with Gasteiger partial charge >= 0.3 is 0 Å². The average molecular weight is 450 g/mol. The summed E-state index contributed by atoms with van der Waals surface area (Å²) < 4.78 is 0. The third-order valence-corrected chi connectivity index (χ3v) is 7.73. The van der Waals surface area contributed by atoms with Gasteiger partial charge in [0.05, 0.1) is 12.0 Å². The molecule has 2 aromatic heterocycles. The van der Waals surface area contributed by atoms with E-state index < -0.39 is 17.4 Å². The Kier molecular flexibility index (Phi) is 7.08. The molecule has 0 bridgehead atoms. The molecule has 2 aliphatic rings. The number of likely N-dealkylation sites (N-methyl/N-ethyl adjacent to an activating group) is 1. The Morgan fingerprint density at radius 2 is 1.79 bits per heavy atom. The fourth-order valence-electron chi connectivity index (χ4n) is 5.72. The number of nitrogens with zero attached hydrogens (tertiary/aromatic N) is 3. The average Bonchev–Trinajstić information content (AvgIpc) is 3.35. The molecule has 3 atom stereocenters. The fourth-order valence-corrected chi connectivity index (χ4v) is 5.72. The van der Waals surface area contributed by atoms with Crippen molar-refractivity contribution in [1.29, 1.82) is 0 Å². The maximum Gasteiger partial charge on any atom is 0.238 e. The maximum absolute atomic E-state index is 14.1. The lowest BCUT2D eigenvalue weighted by Gasteiger charge is -2.43. The number of pyridine rings is 2. The van der Waals surface area contributed by atoms with Gasteiger partial charge < -0.3 is 16.0 Å². The van der Waals surface area contributed by atoms with Crippen LogP contribution >= 0.6 is 0 Å². The molecule has 3 heterocycles. The van der Waals surface area contributed by atoms with Gasteiger partial charge in [0.2, 0.25) is 11.8 Å². The van der Waals surface area contributed by atoms with E-state index in [-0.39, 0.29) is 17.9 Å². The first-order chi connectivity index (χ1) is 16.0. The van der Waals surface area contributed by atoms with Crippen LogP contribution in [0.3, 0.4) is 0 Å². The summed E-state index contributed by atoms with van der Waals surface area (Å²) in [5.74, 6) is -0.753. The van der Waals surface area contributed by atoms with Crippen LogP contribution in [0, 0.1) is 11.8 Å². The zero-order valence-electron chi connectivity index (χ0n) is 19.7. The van der Waals surface area contributed by atoms with E-state index in [1.165, 1.54) is 6.42 Å².